The van der Waals surface area contributed by atoms with Crippen molar-refractivity contribution in [3.8, 4) is 0 Å². The summed E-state index contributed by atoms with van der Waals surface area (Å²) in [6.45, 7) is 7.59. The van der Waals surface area contributed by atoms with Gasteiger partial charge in [-0.25, -0.2) is 12.7 Å². The number of piperazine rings is 1. The summed E-state index contributed by atoms with van der Waals surface area (Å²) in [6.07, 6.45) is 2.70. The number of carbonyl (C=O) groups is 1. The largest absolute Gasteiger partial charge is 0.340 e. The first-order valence-corrected chi connectivity index (χ1v) is 12.1. The predicted octanol–water partition coefficient (Wildman–Crippen LogP) is 1.83. The molecule has 1 amide bonds. The van der Waals surface area contributed by atoms with Crippen LogP contribution in [0.15, 0.2) is 30.3 Å². The Morgan fingerprint density at radius 3 is 2.25 bits per heavy atom. The minimum atomic E-state index is -3.24. The van der Waals surface area contributed by atoms with Crippen LogP contribution in [0.25, 0.3) is 0 Å². The second-order valence-electron chi connectivity index (χ2n) is 7.84. The third kappa shape index (κ3) is 5.55. The molecule has 28 heavy (non-hydrogen) atoms. The number of carbonyl (C=O) groups excluding carboxylic acids is 1. The van der Waals surface area contributed by atoms with Crippen LogP contribution < -0.4 is 0 Å². The molecule has 7 heteroatoms. The van der Waals surface area contributed by atoms with Crippen molar-refractivity contribution in [3.63, 3.8) is 0 Å². The van der Waals surface area contributed by atoms with Crippen LogP contribution in [0.2, 0.25) is 0 Å². The average Bonchev–Trinajstić information content (AvgIpc) is 2.74. The lowest BCUT2D eigenvalue weighted by molar-refractivity contribution is -0.138. The van der Waals surface area contributed by atoms with E-state index in [-0.39, 0.29) is 17.6 Å². The summed E-state index contributed by atoms with van der Waals surface area (Å²) in [5, 5.41) is 0. The number of likely N-dealkylation sites (N-methyl/N-ethyl adjacent to an activating group) is 1. The Balaban J connectivity index is 1.43. The van der Waals surface area contributed by atoms with Crippen LogP contribution in [0.1, 0.15) is 31.7 Å². The second kappa shape index (κ2) is 9.85. The van der Waals surface area contributed by atoms with Crippen LogP contribution in [-0.2, 0) is 21.2 Å². The molecule has 0 spiro atoms. The van der Waals surface area contributed by atoms with Gasteiger partial charge in [0.15, 0.2) is 0 Å². The van der Waals surface area contributed by atoms with E-state index in [1.807, 2.05) is 35.2 Å². The molecule has 0 N–H and O–H groups in total. The first-order valence-electron chi connectivity index (χ1n) is 10.5. The highest BCUT2D eigenvalue weighted by Gasteiger charge is 2.33. The van der Waals surface area contributed by atoms with Gasteiger partial charge >= 0.3 is 0 Å². The summed E-state index contributed by atoms with van der Waals surface area (Å²) in [6, 6.07) is 9.99. The van der Waals surface area contributed by atoms with Crippen molar-refractivity contribution in [2.45, 2.75) is 32.6 Å². The lowest BCUT2D eigenvalue weighted by atomic mass is 9.96. The number of amides is 1. The maximum atomic E-state index is 12.8. The molecule has 0 bridgehead atoms. The zero-order chi connectivity index (χ0) is 20.0. The van der Waals surface area contributed by atoms with E-state index in [0.29, 0.717) is 32.4 Å². The number of aryl methyl sites for hydroxylation is 1. The Hall–Kier alpha value is -1.44. The monoisotopic (exact) mass is 407 g/mol. The molecular formula is C21H33N3O3S. The molecule has 0 unspecified atom stereocenters. The molecule has 3 rings (SSSR count). The van der Waals surface area contributed by atoms with Gasteiger partial charge in [0.05, 0.1) is 5.75 Å². The fraction of sp³-hybridized carbons (Fsp3) is 0.667. The van der Waals surface area contributed by atoms with Crippen molar-refractivity contribution >= 4 is 15.9 Å². The van der Waals surface area contributed by atoms with Crippen LogP contribution in [0.5, 0.6) is 0 Å². The van der Waals surface area contributed by atoms with Gasteiger partial charge in [-0.3, -0.25) is 4.79 Å². The molecule has 6 nitrogen and oxygen atoms in total. The lowest BCUT2D eigenvalue weighted by Crippen LogP contribution is -2.51. The summed E-state index contributed by atoms with van der Waals surface area (Å²) >= 11 is 0. The molecule has 0 radical (unpaired) electrons. The SMILES string of the molecule is CCN1CCN(C(=O)C2CCN(S(=O)(=O)CCCc3ccccc3)CC2)CC1. The molecule has 2 fully saturated rings. The first-order chi connectivity index (χ1) is 13.5. The quantitative estimate of drug-likeness (QED) is 0.692. The Morgan fingerprint density at radius 1 is 1.00 bits per heavy atom. The molecule has 0 aromatic heterocycles. The molecule has 0 aliphatic carbocycles. The van der Waals surface area contributed by atoms with Crippen molar-refractivity contribution in [1.29, 1.82) is 0 Å². The molecule has 2 saturated heterocycles. The molecule has 2 heterocycles. The maximum Gasteiger partial charge on any atom is 0.225 e. The molecule has 2 aliphatic heterocycles. The molecule has 1 aromatic carbocycles. The zero-order valence-electron chi connectivity index (χ0n) is 16.9. The van der Waals surface area contributed by atoms with Gasteiger partial charge in [0.25, 0.3) is 0 Å². The van der Waals surface area contributed by atoms with Crippen LogP contribution in [0.3, 0.4) is 0 Å². The van der Waals surface area contributed by atoms with Gasteiger partial charge in [-0.05, 0) is 37.8 Å². The minimum absolute atomic E-state index is 0.0241. The normalized spacial score (nSPS) is 20.4. The Morgan fingerprint density at radius 2 is 1.64 bits per heavy atom. The van der Waals surface area contributed by atoms with Crippen LogP contribution in [0, 0.1) is 5.92 Å². The number of sulfonamides is 1. The molecule has 0 saturated carbocycles. The van der Waals surface area contributed by atoms with Crippen LogP contribution in [-0.4, -0.2) is 80.0 Å². The highest BCUT2D eigenvalue weighted by atomic mass is 32.2. The predicted molar refractivity (Wildman–Crippen MR) is 112 cm³/mol. The Kier molecular flexibility index (Phi) is 7.48. The summed E-state index contributed by atoms with van der Waals surface area (Å²) < 4.78 is 26.9. The van der Waals surface area contributed by atoms with E-state index in [1.54, 1.807) is 4.31 Å². The highest BCUT2D eigenvalue weighted by molar-refractivity contribution is 7.89. The number of nitrogens with zero attached hydrogens (tertiary/aromatic N) is 3. The number of rotatable bonds is 7. The third-order valence-electron chi connectivity index (χ3n) is 6.04. The topological polar surface area (TPSA) is 60.9 Å². The van der Waals surface area contributed by atoms with E-state index in [4.69, 9.17) is 0 Å². The van der Waals surface area contributed by atoms with Gasteiger partial charge in [0.1, 0.15) is 0 Å². The lowest BCUT2D eigenvalue weighted by Gasteiger charge is -2.38. The summed E-state index contributed by atoms with van der Waals surface area (Å²) in [5.74, 6) is 0.375. The molecule has 156 valence electrons. The van der Waals surface area contributed by atoms with Gasteiger partial charge in [-0.1, -0.05) is 37.3 Å². The standard InChI is InChI=1S/C21H33N3O3S/c1-2-22-14-16-23(17-15-22)21(25)20-10-12-24(13-11-20)28(26,27)18-6-9-19-7-4-3-5-8-19/h3-5,7-8,20H,2,6,9-18H2,1H3. The first kappa shape index (κ1) is 21.3. The summed E-state index contributed by atoms with van der Waals surface area (Å²) in [4.78, 5) is 17.1. The van der Waals surface area contributed by atoms with Crippen molar-refractivity contribution in [3.05, 3.63) is 35.9 Å². The van der Waals surface area contributed by atoms with Crippen molar-refractivity contribution in [2.75, 3.05) is 51.6 Å². The third-order valence-corrected chi connectivity index (χ3v) is 7.99. The smallest absolute Gasteiger partial charge is 0.225 e. The fourth-order valence-corrected chi connectivity index (χ4v) is 5.69. The van der Waals surface area contributed by atoms with Gasteiger partial charge in [-0.2, -0.15) is 0 Å². The van der Waals surface area contributed by atoms with E-state index in [0.717, 1.165) is 39.1 Å². The van der Waals surface area contributed by atoms with Crippen molar-refractivity contribution in [1.82, 2.24) is 14.1 Å². The van der Waals surface area contributed by atoms with Crippen molar-refractivity contribution < 1.29 is 13.2 Å². The second-order valence-corrected chi connectivity index (χ2v) is 9.93. The fourth-order valence-electron chi connectivity index (χ4n) is 4.16. The summed E-state index contributed by atoms with van der Waals surface area (Å²) in [7, 11) is -3.24. The van der Waals surface area contributed by atoms with Crippen LogP contribution in [0.4, 0.5) is 0 Å². The minimum Gasteiger partial charge on any atom is -0.340 e. The number of benzene rings is 1. The average molecular weight is 408 g/mol. The molecule has 2 aliphatic rings. The summed E-state index contributed by atoms with van der Waals surface area (Å²) in [5.41, 5.74) is 1.17. The molecule has 0 atom stereocenters. The van der Waals surface area contributed by atoms with Gasteiger partial charge < -0.3 is 9.80 Å². The van der Waals surface area contributed by atoms with E-state index in [1.165, 1.54) is 5.56 Å². The maximum absolute atomic E-state index is 12.8. The number of hydrogen-bond donors (Lipinski definition) is 0. The van der Waals surface area contributed by atoms with E-state index < -0.39 is 10.0 Å². The highest BCUT2D eigenvalue weighted by Crippen LogP contribution is 2.23. The van der Waals surface area contributed by atoms with Gasteiger partial charge in [0.2, 0.25) is 15.9 Å². The molecule has 1 aromatic rings. The van der Waals surface area contributed by atoms with Gasteiger partial charge in [0, 0.05) is 45.2 Å². The number of hydrogen-bond acceptors (Lipinski definition) is 4. The van der Waals surface area contributed by atoms with E-state index in [2.05, 4.69) is 11.8 Å². The van der Waals surface area contributed by atoms with E-state index >= 15 is 0 Å². The Labute approximate surface area is 169 Å². The van der Waals surface area contributed by atoms with Crippen LogP contribution >= 0.6 is 0 Å². The van der Waals surface area contributed by atoms with E-state index in [9.17, 15) is 13.2 Å². The van der Waals surface area contributed by atoms with Crippen molar-refractivity contribution in [2.24, 2.45) is 5.92 Å². The molecular weight excluding hydrogens is 374 g/mol. The van der Waals surface area contributed by atoms with Gasteiger partial charge in [-0.15, -0.1) is 0 Å². The number of piperidine rings is 1. The Bertz CT molecular complexity index is 723. The zero-order valence-corrected chi connectivity index (χ0v) is 17.7.